The molecule has 0 atom stereocenters. The van der Waals surface area contributed by atoms with Crippen LogP contribution in [0.5, 0.6) is 0 Å². The Kier molecular flexibility index (Phi) is 5.39. The third-order valence-electron chi connectivity index (χ3n) is 3.89. The van der Waals surface area contributed by atoms with E-state index in [4.69, 9.17) is 0 Å². The first-order valence-corrected chi connectivity index (χ1v) is 7.52. The van der Waals surface area contributed by atoms with Crippen molar-refractivity contribution in [3.05, 3.63) is 42.0 Å². The second-order valence-electron chi connectivity index (χ2n) is 5.65. The van der Waals surface area contributed by atoms with E-state index in [1.165, 1.54) is 16.8 Å². The van der Waals surface area contributed by atoms with Gasteiger partial charge in [-0.3, -0.25) is 9.69 Å². The zero-order valence-electron chi connectivity index (χ0n) is 13.1. The van der Waals surface area contributed by atoms with E-state index in [1.54, 1.807) is 6.08 Å². The van der Waals surface area contributed by atoms with Crippen LogP contribution in [0.15, 0.2) is 30.9 Å². The van der Waals surface area contributed by atoms with Gasteiger partial charge >= 0.3 is 0 Å². The summed E-state index contributed by atoms with van der Waals surface area (Å²) in [5.41, 5.74) is 3.94. The predicted molar refractivity (Wildman–Crippen MR) is 87.8 cm³/mol. The van der Waals surface area contributed by atoms with E-state index >= 15 is 0 Å². The maximum absolute atomic E-state index is 11.7. The van der Waals surface area contributed by atoms with Gasteiger partial charge in [0.2, 0.25) is 5.91 Å². The zero-order valence-corrected chi connectivity index (χ0v) is 13.1. The Labute approximate surface area is 127 Å². The molecule has 4 heteroatoms. The van der Waals surface area contributed by atoms with Crippen molar-refractivity contribution < 1.29 is 4.79 Å². The van der Waals surface area contributed by atoms with E-state index in [0.29, 0.717) is 13.1 Å². The molecule has 21 heavy (non-hydrogen) atoms. The smallest absolute Gasteiger partial charge is 0.234 e. The van der Waals surface area contributed by atoms with Gasteiger partial charge in [0.1, 0.15) is 0 Å². The molecule has 1 saturated heterocycles. The molecule has 1 aromatic rings. The fraction of sp³-hybridized carbons (Fsp3) is 0.471. The van der Waals surface area contributed by atoms with Crippen LogP contribution < -0.4 is 10.2 Å². The van der Waals surface area contributed by atoms with Crippen LogP contribution >= 0.6 is 0 Å². The number of hydrogen-bond acceptors (Lipinski definition) is 3. The molecule has 2 rings (SSSR count). The first-order chi connectivity index (χ1) is 10.1. The lowest BCUT2D eigenvalue weighted by molar-refractivity contribution is -0.122. The number of carbonyl (C=O) groups is 1. The predicted octanol–water partition coefficient (Wildman–Crippen LogP) is 1.73. The average Bonchev–Trinajstić information content (AvgIpc) is 2.48. The fourth-order valence-electron chi connectivity index (χ4n) is 2.65. The molecule has 0 saturated carbocycles. The summed E-state index contributed by atoms with van der Waals surface area (Å²) in [5.74, 6) is 0.0788. The van der Waals surface area contributed by atoms with Crippen molar-refractivity contribution in [1.29, 1.82) is 0 Å². The Bertz CT molecular complexity index is 505. The van der Waals surface area contributed by atoms with Crippen molar-refractivity contribution in [2.75, 3.05) is 44.2 Å². The van der Waals surface area contributed by atoms with E-state index in [0.717, 1.165) is 26.2 Å². The Hall–Kier alpha value is -1.81. The summed E-state index contributed by atoms with van der Waals surface area (Å²) in [6.45, 7) is 12.7. The Balaban J connectivity index is 1.87. The second-order valence-corrected chi connectivity index (χ2v) is 5.65. The molecule has 0 aromatic heterocycles. The van der Waals surface area contributed by atoms with Gasteiger partial charge < -0.3 is 10.2 Å². The quantitative estimate of drug-likeness (QED) is 0.838. The summed E-state index contributed by atoms with van der Waals surface area (Å²) in [7, 11) is 0. The van der Waals surface area contributed by atoms with Crippen molar-refractivity contribution in [1.82, 2.24) is 10.2 Å². The normalized spacial score (nSPS) is 15.8. The monoisotopic (exact) mass is 287 g/mol. The first-order valence-electron chi connectivity index (χ1n) is 7.52. The molecule has 1 amide bonds. The molecular formula is C17H25N3O. The number of hydrogen-bond donors (Lipinski definition) is 1. The molecule has 0 unspecified atom stereocenters. The topological polar surface area (TPSA) is 35.6 Å². The number of anilines is 1. The summed E-state index contributed by atoms with van der Waals surface area (Å²) >= 11 is 0. The van der Waals surface area contributed by atoms with E-state index in [9.17, 15) is 4.79 Å². The van der Waals surface area contributed by atoms with Gasteiger partial charge in [0.15, 0.2) is 0 Å². The average molecular weight is 287 g/mol. The molecule has 1 aliphatic heterocycles. The van der Waals surface area contributed by atoms with E-state index in [1.807, 2.05) is 0 Å². The molecule has 0 bridgehead atoms. The third-order valence-corrected chi connectivity index (χ3v) is 3.89. The van der Waals surface area contributed by atoms with Crippen molar-refractivity contribution in [2.24, 2.45) is 0 Å². The van der Waals surface area contributed by atoms with Crippen molar-refractivity contribution in [2.45, 2.75) is 13.8 Å². The summed E-state index contributed by atoms with van der Waals surface area (Å²) < 4.78 is 0. The van der Waals surface area contributed by atoms with E-state index < -0.39 is 0 Å². The molecule has 114 valence electrons. The van der Waals surface area contributed by atoms with Crippen LogP contribution in [0.4, 0.5) is 5.69 Å². The van der Waals surface area contributed by atoms with Crippen molar-refractivity contribution in [3.8, 4) is 0 Å². The van der Waals surface area contributed by atoms with Crippen molar-refractivity contribution >= 4 is 11.6 Å². The van der Waals surface area contributed by atoms with Crippen LogP contribution in [-0.4, -0.2) is 50.1 Å². The molecule has 1 fully saturated rings. The highest BCUT2D eigenvalue weighted by molar-refractivity contribution is 5.78. The highest BCUT2D eigenvalue weighted by Crippen LogP contribution is 2.22. The van der Waals surface area contributed by atoms with Crippen LogP contribution in [0.3, 0.4) is 0 Å². The number of aryl methyl sites for hydroxylation is 2. The van der Waals surface area contributed by atoms with Crippen LogP contribution in [0.1, 0.15) is 11.1 Å². The summed E-state index contributed by atoms with van der Waals surface area (Å²) in [6, 6.07) is 6.58. The molecule has 0 spiro atoms. The number of benzene rings is 1. The van der Waals surface area contributed by atoms with Crippen molar-refractivity contribution in [3.63, 3.8) is 0 Å². The number of nitrogens with zero attached hydrogens (tertiary/aromatic N) is 2. The molecule has 4 nitrogen and oxygen atoms in total. The second kappa shape index (κ2) is 7.27. The van der Waals surface area contributed by atoms with Gasteiger partial charge in [-0.15, -0.1) is 6.58 Å². The minimum Gasteiger partial charge on any atom is -0.369 e. The Morgan fingerprint density at radius 3 is 2.67 bits per heavy atom. The molecule has 0 aliphatic carbocycles. The number of rotatable bonds is 5. The molecule has 1 heterocycles. The molecule has 1 aliphatic rings. The van der Waals surface area contributed by atoms with Gasteiger partial charge in [-0.05, 0) is 31.0 Å². The minimum absolute atomic E-state index is 0.0788. The van der Waals surface area contributed by atoms with Gasteiger partial charge in [-0.1, -0.05) is 18.2 Å². The highest BCUT2D eigenvalue weighted by atomic mass is 16.2. The summed E-state index contributed by atoms with van der Waals surface area (Å²) in [6.07, 6.45) is 1.70. The van der Waals surface area contributed by atoms with Crippen LogP contribution in [-0.2, 0) is 4.79 Å². The van der Waals surface area contributed by atoms with Gasteiger partial charge in [-0.2, -0.15) is 0 Å². The van der Waals surface area contributed by atoms with E-state index in [2.05, 4.69) is 53.7 Å². The van der Waals surface area contributed by atoms with Gasteiger partial charge in [0.25, 0.3) is 0 Å². The van der Waals surface area contributed by atoms with Gasteiger partial charge in [0.05, 0.1) is 6.54 Å². The van der Waals surface area contributed by atoms with Crippen LogP contribution in [0.2, 0.25) is 0 Å². The summed E-state index contributed by atoms with van der Waals surface area (Å²) in [4.78, 5) is 16.3. The number of amides is 1. The lowest BCUT2D eigenvalue weighted by atomic mass is 10.1. The zero-order chi connectivity index (χ0) is 15.2. The lowest BCUT2D eigenvalue weighted by Gasteiger charge is -2.36. The first kappa shape index (κ1) is 15.6. The molecular weight excluding hydrogens is 262 g/mol. The maximum Gasteiger partial charge on any atom is 0.234 e. The molecule has 0 radical (unpaired) electrons. The lowest BCUT2D eigenvalue weighted by Crippen LogP contribution is -2.49. The molecule has 1 N–H and O–H groups in total. The maximum atomic E-state index is 11.7. The van der Waals surface area contributed by atoms with Crippen LogP contribution in [0.25, 0.3) is 0 Å². The summed E-state index contributed by atoms with van der Waals surface area (Å²) in [5, 5.41) is 2.83. The van der Waals surface area contributed by atoms with E-state index in [-0.39, 0.29) is 5.91 Å². The minimum atomic E-state index is 0.0788. The largest absolute Gasteiger partial charge is 0.369 e. The third kappa shape index (κ3) is 4.33. The number of carbonyl (C=O) groups excluding carboxylic acids is 1. The Morgan fingerprint density at radius 1 is 1.29 bits per heavy atom. The standard InChI is InChI=1S/C17H25N3O/c1-4-7-18-17(21)13-19-8-10-20(11-9-19)16-12-14(2)5-6-15(16)3/h4-6,12H,1,7-11,13H2,2-3H3,(H,18,21). The fourth-order valence-corrected chi connectivity index (χ4v) is 2.65. The van der Waals surface area contributed by atoms with Crippen LogP contribution in [0, 0.1) is 13.8 Å². The highest BCUT2D eigenvalue weighted by Gasteiger charge is 2.19. The number of nitrogens with one attached hydrogen (secondary N) is 1. The molecule has 1 aromatic carbocycles. The number of piperazine rings is 1. The SMILES string of the molecule is C=CCNC(=O)CN1CCN(c2cc(C)ccc2C)CC1. The van der Waals surface area contributed by atoms with Gasteiger partial charge in [-0.25, -0.2) is 0 Å². The van der Waals surface area contributed by atoms with Gasteiger partial charge in [0, 0.05) is 38.4 Å². The Morgan fingerprint density at radius 2 is 2.00 bits per heavy atom.